The van der Waals surface area contributed by atoms with Crippen molar-refractivity contribution in [1.29, 1.82) is 0 Å². The summed E-state index contributed by atoms with van der Waals surface area (Å²) in [5, 5.41) is 8.53. The maximum Gasteiger partial charge on any atom is 0.244 e. The number of nitrogens with one attached hydrogen (secondary N) is 3. The van der Waals surface area contributed by atoms with Gasteiger partial charge in [-0.15, -0.1) is 0 Å². The van der Waals surface area contributed by atoms with Crippen molar-refractivity contribution in [3.8, 4) is 0 Å². The fourth-order valence-electron chi connectivity index (χ4n) is 4.38. The molecule has 0 bridgehead atoms. The van der Waals surface area contributed by atoms with Crippen LogP contribution in [-0.2, 0) is 14.4 Å². The van der Waals surface area contributed by atoms with Gasteiger partial charge in [-0.25, -0.2) is 4.98 Å². The van der Waals surface area contributed by atoms with Gasteiger partial charge in [0.05, 0.1) is 6.54 Å². The van der Waals surface area contributed by atoms with Gasteiger partial charge in [0.15, 0.2) is 0 Å². The zero-order valence-electron chi connectivity index (χ0n) is 17.0. The summed E-state index contributed by atoms with van der Waals surface area (Å²) < 4.78 is 0. The molecule has 0 radical (unpaired) electrons. The van der Waals surface area contributed by atoms with E-state index in [4.69, 9.17) is 0 Å². The lowest BCUT2D eigenvalue weighted by molar-refractivity contribution is -0.128. The largest absolute Gasteiger partial charge is 0.353 e. The average molecular weight is 401 g/mol. The fourth-order valence-corrected chi connectivity index (χ4v) is 4.38. The smallest absolute Gasteiger partial charge is 0.244 e. The van der Waals surface area contributed by atoms with E-state index in [1.54, 1.807) is 24.4 Å². The summed E-state index contributed by atoms with van der Waals surface area (Å²) in [5.41, 5.74) is 0. The number of amides is 3. The summed E-state index contributed by atoms with van der Waals surface area (Å²) in [6, 6.07) is 5.42. The number of pyridine rings is 1. The molecule has 0 unspecified atom stereocenters. The number of aromatic nitrogens is 1. The third-order valence-electron chi connectivity index (χ3n) is 6.02. The number of nitrogens with zero attached hydrogens (tertiary/aromatic N) is 1. The first kappa shape index (κ1) is 21.3. The summed E-state index contributed by atoms with van der Waals surface area (Å²) in [6.07, 6.45) is 11.5. The van der Waals surface area contributed by atoms with E-state index in [-0.39, 0.29) is 36.2 Å². The van der Waals surface area contributed by atoms with Crippen molar-refractivity contribution in [3.63, 3.8) is 0 Å². The van der Waals surface area contributed by atoms with Crippen LogP contribution in [-0.4, -0.2) is 35.3 Å². The van der Waals surface area contributed by atoms with Crippen molar-refractivity contribution in [2.24, 2.45) is 11.8 Å². The van der Waals surface area contributed by atoms with Crippen LogP contribution in [0.4, 0.5) is 5.82 Å². The highest BCUT2D eigenvalue weighted by Crippen LogP contribution is 2.27. The highest BCUT2D eigenvalue weighted by Gasteiger charge is 2.28. The van der Waals surface area contributed by atoms with Crippen molar-refractivity contribution in [2.45, 2.75) is 70.3 Å². The van der Waals surface area contributed by atoms with E-state index in [0.717, 1.165) is 25.7 Å². The first-order valence-electron chi connectivity index (χ1n) is 10.9. The van der Waals surface area contributed by atoms with Crippen LogP contribution in [0.25, 0.3) is 0 Å². The Morgan fingerprint density at radius 1 is 0.931 bits per heavy atom. The number of hydrogen-bond acceptors (Lipinski definition) is 4. The zero-order chi connectivity index (χ0) is 20.5. The van der Waals surface area contributed by atoms with Gasteiger partial charge < -0.3 is 16.0 Å². The molecule has 7 nitrogen and oxygen atoms in total. The number of carbonyl (C=O) groups excluding carboxylic acids is 3. The van der Waals surface area contributed by atoms with Crippen LogP contribution in [0.1, 0.15) is 64.2 Å². The molecule has 29 heavy (non-hydrogen) atoms. The Balaban J connectivity index is 1.31. The van der Waals surface area contributed by atoms with Crippen LogP contribution in [0.3, 0.4) is 0 Å². The van der Waals surface area contributed by atoms with Crippen molar-refractivity contribution in [1.82, 2.24) is 15.6 Å². The predicted molar refractivity (Wildman–Crippen MR) is 111 cm³/mol. The van der Waals surface area contributed by atoms with Crippen LogP contribution in [0, 0.1) is 11.8 Å². The third kappa shape index (κ3) is 7.15. The summed E-state index contributed by atoms with van der Waals surface area (Å²) in [6.45, 7) is -0.0620. The highest BCUT2D eigenvalue weighted by atomic mass is 16.2. The SMILES string of the molecule is O=C(CNC(=O)C1CCC(NC(=O)CC2CCCCC2)CC1)Nc1ccccn1. The molecule has 7 heteroatoms. The Morgan fingerprint density at radius 3 is 2.38 bits per heavy atom. The molecule has 3 N–H and O–H groups in total. The Hall–Kier alpha value is -2.44. The molecule has 2 aliphatic carbocycles. The molecule has 1 aromatic heterocycles. The summed E-state index contributed by atoms with van der Waals surface area (Å²) in [5.74, 6) is 0.702. The molecule has 0 saturated heterocycles. The first-order valence-corrected chi connectivity index (χ1v) is 10.9. The average Bonchev–Trinajstić information content (AvgIpc) is 2.74. The fraction of sp³-hybridized carbons (Fsp3) is 0.636. The van der Waals surface area contributed by atoms with E-state index in [9.17, 15) is 14.4 Å². The van der Waals surface area contributed by atoms with E-state index in [1.165, 1.54) is 32.1 Å². The summed E-state index contributed by atoms with van der Waals surface area (Å²) in [7, 11) is 0. The van der Waals surface area contributed by atoms with Gasteiger partial charge in [-0.1, -0.05) is 25.3 Å². The molecule has 1 aromatic rings. The van der Waals surface area contributed by atoms with Crippen LogP contribution >= 0.6 is 0 Å². The van der Waals surface area contributed by atoms with Crippen LogP contribution in [0.5, 0.6) is 0 Å². The Bertz CT molecular complexity index is 681. The van der Waals surface area contributed by atoms with Gasteiger partial charge in [-0.2, -0.15) is 0 Å². The molecule has 2 aliphatic rings. The van der Waals surface area contributed by atoms with E-state index in [1.807, 2.05) is 0 Å². The van der Waals surface area contributed by atoms with Crippen LogP contribution in [0.15, 0.2) is 24.4 Å². The molecule has 2 saturated carbocycles. The Kier molecular flexibility index (Phi) is 8.02. The minimum atomic E-state index is -0.291. The monoisotopic (exact) mass is 400 g/mol. The number of rotatable bonds is 7. The molecule has 0 atom stereocenters. The second-order valence-electron chi connectivity index (χ2n) is 8.31. The van der Waals surface area contributed by atoms with Crippen LogP contribution in [0.2, 0.25) is 0 Å². The maximum absolute atomic E-state index is 12.4. The van der Waals surface area contributed by atoms with Gasteiger partial charge in [0.1, 0.15) is 5.82 Å². The van der Waals surface area contributed by atoms with Crippen molar-refractivity contribution < 1.29 is 14.4 Å². The van der Waals surface area contributed by atoms with Crippen molar-refractivity contribution in [3.05, 3.63) is 24.4 Å². The number of carbonyl (C=O) groups is 3. The van der Waals surface area contributed by atoms with Gasteiger partial charge in [-0.05, 0) is 56.6 Å². The molecule has 0 aliphatic heterocycles. The Labute approximate surface area is 172 Å². The lowest BCUT2D eigenvalue weighted by atomic mass is 9.84. The molecule has 158 valence electrons. The normalized spacial score (nSPS) is 22.5. The number of anilines is 1. The minimum absolute atomic E-state index is 0.0620. The van der Waals surface area contributed by atoms with Gasteiger partial charge in [0, 0.05) is 24.6 Å². The van der Waals surface area contributed by atoms with Gasteiger partial charge in [0.2, 0.25) is 17.7 Å². The Morgan fingerprint density at radius 2 is 1.69 bits per heavy atom. The molecular weight excluding hydrogens is 368 g/mol. The first-order chi connectivity index (χ1) is 14.1. The summed E-state index contributed by atoms with van der Waals surface area (Å²) >= 11 is 0. The predicted octanol–water partition coefficient (Wildman–Crippen LogP) is 2.78. The maximum atomic E-state index is 12.4. The second kappa shape index (κ2) is 10.9. The molecule has 3 rings (SSSR count). The lowest BCUT2D eigenvalue weighted by Crippen LogP contribution is -2.42. The molecular formula is C22H32N4O3. The molecule has 3 amide bonds. The van der Waals surface area contributed by atoms with E-state index in [2.05, 4.69) is 20.9 Å². The topological polar surface area (TPSA) is 100 Å². The van der Waals surface area contributed by atoms with Gasteiger partial charge >= 0.3 is 0 Å². The van der Waals surface area contributed by atoms with Gasteiger partial charge in [0.25, 0.3) is 0 Å². The van der Waals surface area contributed by atoms with E-state index >= 15 is 0 Å². The quantitative estimate of drug-likeness (QED) is 0.655. The molecule has 2 fully saturated rings. The molecule has 1 heterocycles. The van der Waals surface area contributed by atoms with Crippen molar-refractivity contribution >= 4 is 23.5 Å². The van der Waals surface area contributed by atoms with E-state index in [0.29, 0.717) is 18.2 Å². The second-order valence-corrected chi connectivity index (χ2v) is 8.31. The minimum Gasteiger partial charge on any atom is -0.353 e. The number of hydrogen-bond donors (Lipinski definition) is 3. The van der Waals surface area contributed by atoms with E-state index < -0.39 is 0 Å². The summed E-state index contributed by atoms with van der Waals surface area (Å²) in [4.78, 5) is 40.6. The molecule has 0 aromatic carbocycles. The van der Waals surface area contributed by atoms with Gasteiger partial charge in [-0.3, -0.25) is 14.4 Å². The van der Waals surface area contributed by atoms with Crippen molar-refractivity contribution in [2.75, 3.05) is 11.9 Å². The zero-order valence-corrected chi connectivity index (χ0v) is 17.0. The molecule has 0 spiro atoms. The van der Waals surface area contributed by atoms with Crippen LogP contribution < -0.4 is 16.0 Å². The highest BCUT2D eigenvalue weighted by molar-refractivity contribution is 5.94. The standard InChI is InChI=1S/C22H32N4O3/c27-20(14-16-6-2-1-3-7-16)25-18-11-9-17(10-12-18)22(29)24-15-21(28)26-19-8-4-5-13-23-19/h4-5,8,13,16-18H,1-3,6-7,9-12,14-15H2,(H,24,29)(H,25,27)(H,23,26,28). The third-order valence-corrected chi connectivity index (χ3v) is 6.02. The lowest BCUT2D eigenvalue weighted by Gasteiger charge is -2.29.